The van der Waals surface area contributed by atoms with Crippen LogP contribution in [-0.4, -0.2) is 51.1 Å². The van der Waals surface area contributed by atoms with Gasteiger partial charge >= 0.3 is 18.2 Å². The van der Waals surface area contributed by atoms with Gasteiger partial charge in [-0.2, -0.15) is 29.0 Å². The molecule has 68 heavy (non-hydrogen) atoms. The smallest absolute Gasteiger partial charge is 0.437 e. The zero-order chi connectivity index (χ0) is 49.2. The molecule has 0 spiro atoms. The summed E-state index contributed by atoms with van der Waals surface area (Å²) in [5.41, 5.74) is -3.17. The summed E-state index contributed by atoms with van der Waals surface area (Å²) in [5, 5.41) is 31.9. The fourth-order valence-electron chi connectivity index (χ4n) is 7.01. The molecule has 5 rings (SSSR count). The van der Waals surface area contributed by atoms with Crippen LogP contribution in [0.15, 0.2) is 120 Å². The van der Waals surface area contributed by atoms with Crippen LogP contribution in [0, 0.1) is 39.4 Å². The molecule has 1 aliphatic heterocycles. The first-order valence-corrected chi connectivity index (χ1v) is 23.1. The van der Waals surface area contributed by atoms with Gasteiger partial charge in [0.15, 0.2) is 11.3 Å². The number of carbonyl (C=O) groups is 2. The number of unbranched alkanes of at least 4 members (excludes halogenated alkanes) is 2. The molecule has 1 aliphatic rings. The highest BCUT2D eigenvalue weighted by Gasteiger charge is 2.65. The number of alkyl carbamates (subject to hydrolysis) is 1. The highest BCUT2D eigenvalue weighted by atomic mass is 32.1. The first kappa shape index (κ1) is 51.7. The summed E-state index contributed by atoms with van der Waals surface area (Å²) < 4.78 is 68.4. The van der Waals surface area contributed by atoms with E-state index < -0.39 is 45.8 Å². The third kappa shape index (κ3) is 13.2. The maximum atomic E-state index is 15.3. The molecule has 3 aromatic carbocycles. The highest BCUT2D eigenvalue weighted by molar-refractivity contribution is 7.13. The number of nitrogens with zero attached hydrogens (tertiary/aromatic N) is 4. The highest BCUT2D eigenvalue weighted by Crippen LogP contribution is 2.56. The Labute approximate surface area is 400 Å². The number of esters is 1. The van der Waals surface area contributed by atoms with Gasteiger partial charge in [0.25, 0.3) is 5.60 Å². The van der Waals surface area contributed by atoms with Crippen LogP contribution in [0.5, 0.6) is 5.75 Å². The van der Waals surface area contributed by atoms with E-state index in [0.29, 0.717) is 36.6 Å². The summed E-state index contributed by atoms with van der Waals surface area (Å²) in [6.07, 6.45) is 4.72. The van der Waals surface area contributed by atoms with E-state index >= 15 is 13.2 Å². The molecule has 4 aromatic rings. The third-order valence-electron chi connectivity index (χ3n) is 11.2. The SMILES string of the molecule is CCCCN(CCCCOC(=O)NCCOC(=O)C(C)(C)CC)c1ccc(/C=C/c2ccc(/C=C/C3=C(C#N)C(=C(C#N)C#N)OC3(c3ccccc3)C(F)(F)F)s2)c(OCc2ccccc2)c1. The largest absolute Gasteiger partial charge is 0.488 e. The van der Waals surface area contributed by atoms with Gasteiger partial charge < -0.3 is 29.2 Å². The number of hydrogen-bond acceptors (Lipinski definition) is 11. The lowest BCUT2D eigenvalue weighted by Gasteiger charge is -2.33. The molecule has 15 heteroatoms. The van der Waals surface area contributed by atoms with Crippen LogP contribution in [0.25, 0.3) is 18.2 Å². The van der Waals surface area contributed by atoms with Gasteiger partial charge in [-0.1, -0.05) is 87.0 Å². The number of hydrogen-bond donors (Lipinski definition) is 1. The van der Waals surface area contributed by atoms with E-state index in [1.165, 1.54) is 47.8 Å². The molecule has 0 saturated heterocycles. The second kappa shape index (κ2) is 24.5. The Bertz CT molecular complexity index is 2600. The topological polar surface area (TPSA) is 158 Å². The Hall–Kier alpha value is -7.28. The van der Waals surface area contributed by atoms with Crippen molar-refractivity contribution in [3.8, 4) is 24.0 Å². The quantitative estimate of drug-likeness (QED) is 0.0457. The number of anilines is 1. The van der Waals surface area contributed by atoms with Crippen LogP contribution in [0.4, 0.5) is 23.7 Å². The second-order valence-electron chi connectivity index (χ2n) is 16.4. The number of benzene rings is 3. The fraction of sp³-hybridized carbons (Fsp3) is 0.340. The molecule has 0 bridgehead atoms. The van der Waals surface area contributed by atoms with Crippen LogP contribution in [0.3, 0.4) is 0 Å². The molecule has 0 fully saturated rings. The Morgan fingerprint density at radius 2 is 1.49 bits per heavy atom. The maximum Gasteiger partial charge on any atom is 0.437 e. The molecule has 0 radical (unpaired) electrons. The van der Waals surface area contributed by atoms with Crippen molar-refractivity contribution in [3.63, 3.8) is 0 Å². The number of amides is 1. The zero-order valence-electron chi connectivity index (χ0n) is 38.5. The van der Waals surface area contributed by atoms with Crippen molar-refractivity contribution >= 4 is 47.3 Å². The van der Waals surface area contributed by atoms with E-state index in [1.807, 2.05) is 87.5 Å². The summed E-state index contributed by atoms with van der Waals surface area (Å²) >= 11 is 1.30. The van der Waals surface area contributed by atoms with Gasteiger partial charge in [-0.25, -0.2) is 4.79 Å². The predicted octanol–water partition coefficient (Wildman–Crippen LogP) is 12.2. The van der Waals surface area contributed by atoms with Crippen molar-refractivity contribution in [2.24, 2.45) is 5.41 Å². The number of thiophene rings is 1. The van der Waals surface area contributed by atoms with E-state index in [9.17, 15) is 25.4 Å². The lowest BCUT2D eigenvalue weighted by atomic mass is 9.84. The van der Waals surface area contributed by atoms with Crippen molar-refractivity contribution in [2.75, 3.05) is 37.7 Å². The van der Waals surface area contributed by atoms with Gasteiger partial charge in [-0.15, -0.1) is 11.3 Å². The molecular formula is C53H54F3N5O6S. The van der Waals surface area contributed by atoms with E-state index in [1.54, 1.807) is 30.3 Å². The molecule has 354 valence electrons. The minimum atomic E-state index is -5.10. The van der Waals surface area contributed by atoms with Crippen LogP contribution in [0.1, 0.15) is 86.2 Å². The Morgan fingerprint density at radius 3 is 2.12 bits per heavy atom. The lowest BCUT2D eigenvalue weighted by Crippen LogP contribution is -2.43. The average Bonchev–Trinajstić information content (AvgIpc) is 3.95. The van der Waals surface area contributed by atoms with Crippen LogP contribution in [0.2, 0.25) is 0 Å². The van der Waals surface area contributed by atoms with Gasteiger partial charge in [-0.05, 0) is 87.6 Å². The molecule has 1 aromatic heterocycles. The van der Waals surface area contributed by atoms with Gasteiger partial charge in [0, 0.05) is 51.3 Å². The summed E-state index contributed by atoms with van der Waals surface area (Å²) in [6, 6.07) is 31.1. The Kier molecular flexibility index (Phi) is 18.6. The Morgan fingerprint density at radius 1 is 0.824 bits per heavy atom. The number of halogens is 3. The van der Waals surface area contributed by atoms with Crippen LogP contribution >= 0.6 is 11.3 Å². The molecule has 11 nitrogen and oxygen atoms in total. The second-order valence-corrected chi connectivity index (χ2v) is 17.5. The molecule has 1 atom stereocenters. The third-order valence-corrected chi connectivity index (χ3v) is 12.3. The van der Waals surface area contributed by atoms with Gasteiger partial charge in [0.1, 0.15) is 42.7 Å². The molecule has 0 aliphatic carbocycles. The number of ether oxygens (including phenoxy) is 4. The van der Waals surface area contributed by atoms with E-state index in [2.05, 4.69) is 17.1 Å². The van der Waals surface area contributed by atoms with Gasteiger partial charge in [0.2, 0.25) is 0 Å². The van der Waals surface area contributed by atoms with E-state index in [4.69, 9.17) is 18.9 Å². The lowest BCUT2D eigenvalue weighted by molar-refractivity contribution is -0.249. The van der Waals surface area contributed by atoms with Gasteiger partial charge in [0.05, 0.1) is 18.6 Å². The zero-order valence-corrected chi connectivity index (χ0v) is 39.3. The maximum absolute atomic E-state index is 15.3. The van der Waals surface area contributed by atoms with Crippen molar-refractivity contribution in [1.29, 1.82) is 15.8 Å². The number of allylic oxidation sites excluding steroid dienone is 2. The summed E-state index contributed by atoms with van der Waals surface area (Å²) in [7, 11) is 0. The molecule has 1 N–H and O–H groups in total. The number of nitriles is 3. The molecule has 0 saturated carbocycles. The molecule has 1 amide bonds. The molecule has 1 unspecified atom stereocenters. The van der Waals surface area contributed by atoms with E-state index in [0.717, 1.165) is 47.5 Å². The minimum Gasteiger partial charge on any atom is -0.488 e. The summed E-state index contributed by atoms with van der Waals surface area (Å²) in [5.74, 6) is -0.396. The molecule has 2 heterocycles. The predicted molar refractivity (Wildman–Crippen MR) is 256 cm³/mol. The van der Waals surface area contributed by atoms with Crippen molar-refractivity contribution in [3.05, 3.63) is 146 Å². The van der Waals surface area contributed by atoms with Crippen LogP contribution < -0.4 is 15.0 Å². The van der Waals surface area contributed by atoms with Gasteiger partial charge in [-0.3, -0.25) is 4.79 Å². The van der Waals surface area contributed by atoms with Crippen LogP contribution in [-0.2, 0) is 31.2 Å². The number of carbonyl (C=O) groups excluding carboxylic acids is 2. The number of rotatable bonds is 22. The number of nitrogens with one attached hydrogen (secondary N) is 1. The standard InChI is InChI=1S/C53H54F3N5O6S/c1-5-7-29-61(30-14-15-31-65-50(63)60-28-32-64-49(62)51(3,4)6-2)42-22-20-39(47(33-42)66-37-38-16-10-8-11-17-38)21-23-43-24-25-44(68-43)26-27-46-45(36-59)48(40(34-57)35-58)67-52(46,53(54,55)56)41-18-12-9-13-19-41/h8-13,16-27,33H,5-7,14-15,28-32,37H2,1-4H3,(H,60,63)/b23-21+,27-26+. The van der Waals surface area contributed by atoms with Crippen molar-refractivity contribution in [1.82, 2.24) is 5.32 Å². The fourth-order valence-corrected chi connectivity index (χ4v) is 7.83. The first-order chi connectivity index (χ1) is 32.7. The minimum absolute atomic E-state index is 0.0637. The molecular weight excluding hydrogens is 892 g/mol. The monoisotopic (exact) mass is 945 g/mol. The van der Waals surface area contributed by atoms with Crippen molar-refractivity contribution < 1.29 is 41.7 Å². The first-order valence-electron chi connectivity index (χ1n) is 22.3. The normalized spacial score (nSPS) is 14.8. The summed E-state index contributed by atoms with van der Waals surface area (Å²) in [6.45, 7) is 9.94. The number of alkyl halides is 3. The van der Waals surface area contributed by atoms with E-state index in [-0.39, 0.29) is 31.3 Å². The summed E-state index contributed by atoms with van der Waals surface area (Å²) in [4.78, 5) is 28.0. The Balaban J connectivity index is 1.33. The van der Waals surface area contributed by atoms with Crippen molar-refractivity contribution in [2.45, 2.75) is 78.2 Å². The average molecular weight is 946 g/mol.